The molecule has 126 valence electrons. The van der Waals surface area contributed by atoms with Gasteiger partial charge in [0.25, 0.3) is 5.91 Å². The molecule has 1 aromatic carbocycles. The van der Waals surface area contributed by atoms with E-state index in [1.165, 1.54) is 43.3 Å². The van der Waals surface area contributed by atoms with Gasteiger partial charge in [0, 0.05) is 32.7 Å². The third-order valence-corrected chi connectivity index (χ3v) is 5.99. The molecule has 1 saturated heterocycles. The van der Waals surface area contributed by atoms with Crippen LogP contribution in [0.3, 0.4) is 0 Å². The van der Waals surface area contributed by atoms with Crippen molar-refractivity contribution < 1.29 is 23.1 Å². The quantitative estimate of drug-likeness (QED) is 0.878. The molecule has 2 rings (SSSR count). The molecule has 1 N–H and O–H groups in total. The lowest BCUT2D eigenvalue weighted by molar-refractivity contribution is -0.147. The van der Waals surface area contributed by atoms with Crippen molar-refractivity contribution in [3.05, 3.63) is 29.8 Å². The standard InChI is InChI=1S/C15H20N2O5S/c1-15(14(19)20)8-9-17(10-15)13(18)11-4-6-12(7-5-11)23(21,22)16(2)3/h4-7H,8-10H2,1-3H3,(H,19,20). The maximum atomic E-state index is 12.4. The number of hydrogen-bond donors (Lipinski definition) is 1. The smallest absolute Gasteiger partial charge is 0.311 e. The monoisotopic (exact) mass is 340 g/mol. The Hall–Kier alpha value is -1.93. The summed E-state index contributed by atoms with van der Waals surface area (Å²) in [5.74, 6) is -1.20. The van der Waals surface area contributed by atoms with Gasteiger partial charge in [-0.15, -0.1) is 0 Å². The number of amides is 1. The highest BCUT2D eigenvalue weighted by Crippen LogP contribution is 2.31. The predicted octanol–water partition coefficient (Wildman–Crippen LogP) is 0.874. The number of hydrogen-bond acceptors (Lipinski definition) is 4. The maximum absolute atomic E-state index is 12.4. The van der Waals surface area contributed by atoms with Crippen LogP contribution in [0.5, 0.6) is 0 Å². The van der Waals surface area contributed by atoms with E-state index < -0.39 is 21.4 Å². The topological polar surface area (TPSA) is 95.0 Å². The SMILES string of the molecule is CN(C)S(=O)(=O)c1ccc(C(=O)N2CCC(C)(C(=O)O)C2)cc1. The van der Waals surface area contributed by atoms with Crippen LogP contribution in [0.25, 0.3) is 0 Å². The highest BCUT2D eigenvalue weighted by molar-refractivity contribution is 7.89. The molecule has 23 heavy (non-hydrogen) atoms. The van der Waals surface area contributed by atoms with Crippen molar-refractivity contribution in [2.24, 2.45) is 5.41 Å². The molecule has 7 nitrogen and oxygen atoms in total. The van der Waals surface area contributed by atoms with Gasteiger partial charge >= 0.3 is 5.97 Å². The lowest BCUT2D eigenvalue weighted by Gasteiger charge is -2.20. The van der Waals surface area contributed by atoms with E-state index in [1.807, 2.05) is 0 Å². The van der Waals surface area contributed by atoms with E-state index in [2.05, 4.69) is 0 Å². The molecule has 8 heteroatoms. The Kier molecular flexibility index (Phi) is 4.50. The first-order valence-corrected chi connectivity index (χ1v) is 8.57. The van der Waals surface area contributed by atoms with E-state index in [0.29, 0.717) is 18.5 Å². The number of benzene rings is 1. The largest absolute Gasteiger partial charge is 0.481 e. The van der Waals surface area contributed by atoms with Crippen LogP contribution < -0.4 is 0 Å². The number of likely N-dealkylation sites (tertiary alicyclic amines) is 1. The third kappa shape index (κ3) is 3.23. The molecule has 0 aliphatic carbocycles. The van der Waals surface area contributed by atoms with Gasteiger partial charge in [-0.1, -0.05) is 0 Å². The molecule has 0 saturated carbocycles. The summed E-state index contributed by atoms with van der Waals surface area (Å²) in [6.45, 7) is 2.15. The number of carboxylic acid groups (broad SMARTS) is 1. The highest BCUT2D eigenvalue weighted by atomic mass is 32.2. The second-order valence-corrected chi connectivity index (χ2v) is 8.31. The summed E-state index contributed by atoms with van der Waals surface area (Å²) in [7, 11) is -0.666. The van der Waals surface area contributed by atoms with Crippen LogP contribution in [0.4, 0.5) is 0 Å². The Morgan fingerprint density at radius 2 is 1.78 bits per heavy atom. The zero-order valence-electron chi connectivity index (χ0n) is 13.3. The lowest BCUT2D eigenvalue weighted by atomic mass is 9.90. The molecule has 1 heterocycles. The number of aliphatic carboxylic acids is 1. The number of carboxylic acids is 1. The van der Waals surface area contributed by atoms with Crippen LogP contribution in [-0.2, 0) is 14.8 Å². The molecule has 0 radical (unpaired) electrons. The molecule has 1 amide bonds. The fourth-order valence-corrected chi connectivity index (χ4v) is 3.37. The molecule has 1 fully saturated rings. The van der Waals surface area contributed by atoms with E-state index in [4.69, 9.17) is 0 Å². The Morgan fingerprint density at radius 1 is 1.22 bits per heavy atom. The molecule has 0 bridgehead atoms. The van der Waals surface area contributed by atoms with Crippen LogP contribution in [0.1, 0.15) is 23.7 Å². The van der Waals surface area contributed by atoms with Gasteiger partial charge in [0.15, 0.2) is 0 Å². The van der Waals surface area contributed by atoms with Crippen LogP contribution in [-0.4, -0.2) is 61.8 Å². The van der Waals surface area contributed by atoms with E-state index in [-0.39, 0.29) is 17.3 Å². The highest BCUT2D eigenvalue weighted by Gasteiger charge is 2.42. The Balaban J connectivity index is 2.18. The first-order chi connectivity index (χ1) is 10.6. The fourth-order valence-electron chi connectivity index (χ4n) is 2.47. The zero-order valence-corrected chi connectivity index (χ0v) is 14.1. The minimum atomic E-state index is -3.54. The van der Waals surface area contributed by atoms with Crippen molar-refractivity contribution in [2.75, 3.05) is 27.2 Å². The van der Waals surface area contributed by atoms with Crippen molar-refractivity contribution in [3.63, 3.8) is 0 Å². The molecule has 1 unspecified atom stereocenters. The summed E-state index contributed by atoms with van der Waals surface area (Å²) < 4.78 is 25.1. The van der Waals surface area contributed by atoms with E-state index >= 15 is 0 Å². The Bertz CT molecular complexity index is 727. The molecule has 1 aliphatic heterocycles. The minimum Gasteiger partial charge on any atom is -0.481 e. The summed E-state index contributed by atoms with van der Waals surface area (Å²) in [5.41, 5.74) is -0.582. The number of sulfonamides is 1. The summed E-state index contributed by atoms with van der Waals surface area (Å²) in [4.78, 5) is 25.3. The Labute approximate surface area is 135 Å². The maximum Gasteiger partial charge on any atom is 0.311 e. The average Bonchev–Trinajstić information content (AvgIpc) is 2.90. The van der Waals surface area contributed by atoms with Gasteiger partial charge in [-0.2, -0.15) is 0 Å². The zero-order chi connectivity index (χ0) is 17.4. The summed E-state index contributed by atoms with van der Waals surface area (Å²) in [6, 6.07) is 5.67. The minimum absolute atomic E-state index is 0.107. The van der Waals surface area contributed by atoms with E-state index in [0.717, 1.165) is 4.31 Å². The van der Waals surface area contributed by atoms with E-state index in [9.17, 15) is 23.1 Å². The summed E-state index contributed by atoms with van der Waals surface area (Å²) >= 11 is 0. The first-order valence-electron chi connectivity index (χ1n) is 7.13. The normalized spacial score (nSPS) is 21.7. The van der Waals surface area contributed by atoms with Gasteiger partial charge in [0.1, 0.15) is 0 Å². The first kappa shape index (κ1) is 17.4. The number of carbonyl (C=O) groups is 2. The lowest BCUT2D eigenvalue weighted by Crippen LogP contribution is -2.34. The van der Waals surface area contributed by atoms with Crippen molar-refractivity contribution >= 4 is 21.9 Å². The van der Waals surface area contributed by atoms with Gasteiger partial charge in [0.05, 0.1) is 10.3 Å². The second kappa shape index (κ2) is 5.93. The molecule has 1 aromatic rings. The second-order valence-electron chi connectivity index (χ2n) is 6.15. The molecule has 0 spiro atoms. The van der Waals surface area contributed by atoms with Crippen molar-refractivity contribution in [1.29, 1.82) is 0 Å². The average molecular weight is 340 g/mol. The molecule has 1 aliphatic rings. The molecular formula is C15H20N2O5S. The summed E-state index contributed by atoms with van der Waals surface area (Å²) in [6.07, 6.45) is 0.404. The van der Waals surface area contributed by atoms with Crippen molar-refractivity contribution in [2.45, 2.75) is 18.2 Å². The van der Waals surface area contributed by atoms with Crippen molar-refractivity contribution in [1.82, 2.24) is 9.21 Å². The van der Waals surface area contributed by atoms with Gasteiger partial charge in [0.2, 0.25) is 10.0 Å². The van der Waals surface area contributed by atoms with Crippen LogP contribution in [0, 0.1) is 5.41 Å². The van der Waals surface area contributed by atoms with Crippen molar-refractivity contribution in [3.8, 4) is 0 Å². The molecular weight excluding hydrogens is 320 g/mol. The number of carbonyl (C=O) groups excluding carboxylic acids is 1. The molecule has 1 atom stereocenters. The summed E-state index contributed by atoms with van der Waals surface area (Å²) in [5, 5.41) is 9.21. The van der Waals surface area contributed by atoms with E-state index in [1.54, 1.807) is 6.92 Å². The third-order valence-electron chi connectivity index (χ3n) is 4.16. The Morgan fingerprint density at radius 3 is 2.22 bits per heavy atom. The van der Waals surface area contributed by atoms with Gasteiger partial charge < -0.3 is 10.0 Å². The number of rotatable bonds is 4. The fraction of sp³-hybridized carbons (Fsp3) is 0.467. The van der Waals surface area contributed by atoms with Crippen LogP contribution >= 0.6 is 0 Å². The predicted molar refractivity (Wildman–Crippen MR) is 83.6 cm³/mol. The van der Waals surface area contributed by atoms with Crippen LogP contribution in [0.2, 0.25) is 0 Å². The number of nitrogens with zero attached hydrogens (tertiary/aromatic N) is 2. The van der Waals surface area contributed by atoms with Crippen LogP contribution in [0.15, 0.2) is 29.2 Å². The van der Waals surface area contributed by atoms with Gasteiger partial charge in [-0.05, 0) is 37.6 Å². The van der Waals surface area contributed by atoms with Gasteiger partial charge in [-0.3, -0.25) is 9.59 Å². The molecule has 0 aromatic heterocycles. The van der Waals surface area contributed by atoms with Gasteiger partial charge in [-0.25, -0.2) is 12.7 Å².